The molecule has 2 fully saturated rings. The fourth-order valence-electron chi connectivity index (χ4n) is 5.52. The van der Waals surface area contributed by atoms with Gasteiger partial charge < -0.3 is 25.5 Å². The number of fused-ring (bicyclic) bond motifs is 3. The molecule has 6 rings (SSSR count). The fraction of sp³-hybridized carbons (Fsp3) is 0.393. The van der Waals surface area contributed by atoms with Crippen LogP contribution in [0.3, 0.4) is 0 Å². The summed E-state index contributed by atoms with van der Waals surface area (Å²) in [5.74, 6) is 0.684. The lowest BCUT2D eigenvalue weighted by atomic mass is 10.0. The van der Waals surface area contributed by atoms with Crippen molar-refractivity contribution in [3.63, 3.8) is 0 Å². The second-order valence-corrected chi connectivity index (χ2v) is 11.5. The fourth-order valence-corrected chi connectivity index (χ4v) is 5.70. The van der Waals surface area contributed by atoms with Crippen LogP contribution in [0.15, 0.2) is 53.3 Å². The van der Waals surface area contributed by atoms with Gasteiger partial charge in [0.05, 0.1) is 11.3 Å². The summed E-state index contributed by atoms with van der Waals surface area (Å²) < 4.78 is 5.37. The quantitative estimate of drug-likeness (QED) is 0.299. The van der Waals surface area contributed by atoms with Crippen LogP contribution in [0.4, 0.5) is 16.2 Å². The van der Waals surface area contributed by atoms with Gasteiger partial charge in [-0.25, -0.2) is 4.79 Å². The van der Waals surface area contributed by atoms with Gasteiger partial charge in [-0.1, -0.05) is 35.0 Å². The van der Waals surface area contributed by atoms with Gasteiger partial charge in [0, 0.05) is 53.2 Å². The molecule has 1 saturated heterocycles. The molecule has 2 aromatic rings. The van der Waals surface area contributed by atoms with E-state index in [4.69, 9.17) is 21.2 Å². The zero-order chi connectivity index (χ0) is 26.6. The Morgan fingerprint density at radius 1 is 1.11 bits per heavy atom. The minimum atomic E-state index is -0.498. The number of piperidine rings is 1. The number of oxime groups is 1. The Morgan fingerprint density at radius 3 is 2.61 bits per heavy atom. The molecule has 2 aromatic carbocycles. The first kappa shape index (κ1) is 24.8. The highest BCUT2D eigenvalue weighted by Gasteiger charge is 2.56. The summed E-state index contributed by atoms with van der Waals surface area (Å²) in [5.41, 5.74) is 4.36. The van der Waals surface area contributed by atoms with E-state index in [1.807, 2.05) is 45.0 Å². The number of anilines is 2. The summed E-state index contributed by atoms with van der Waals surface area (Å²) in [5, 5.41) is 14.3. The number of para-hydroxylation sites is 1. The van der Waals surface area contributed by atoms with Gasteiger partial charge in [0.2, 0.25) is 0 Å². The van der Waals surface area contributed by atoms with E-state index >= 15 is 0 Å². The molecular weight excluding hydrogens is 506 g/mol. The van der Waals surface area contributed by atoms with Crippen LogP contribution in [0.1, 0.15) is 31.9 Å². The van der Waals surface area contributed by atoms with Gasteiger partial charge in [-0.05, 0) is 56.9 Å². The molecule has 9 nitrogen and oxygen atoms in total. The van der Waals surface area contributed by atoms with Gasteiger partial charge in [-0.15, -0.1) is 0 Å². The van der Waals surface area contributed by atoms with Gasteiger partial charge >= 0.3 is 6.09 Å². The number of amides is 2. The van der Waals surface area contributed by atoms with Gasteiger partial charge in [-0.3, -0.25) is 9.69 Å². The lowest BCUT2D eigenvalue weighted by Crippen LogP contribution is -2.38. The molecule has 0 aromatic heterocycles. The van der Waals surface area contributed by atoms with Gasteiger partial charge in [0.15, 0.2) is 0 Å². The summed E-state index contributed by atoms with van der Waals surface area (Å²) in [6.07, 6.45) is -0.348. The Hall–Kier alpha value is -3.56. The average Bonchev–Trinajstić information content (AvgIpc) is 3.19. The third-order valence-corrected chi connectivity index (χ3v) is 7.50. The highest BCUT2D eigenvalue weighted by Crippen LogP contribution is 2.45. The number of benzene rings is 2. The lowest BCUT2D eigenvalue weighted by molar-refractivity contribution is -0.110. The van der Waals surface area contributed by atoms with Crippen LogP contribution in [0.5, 0.6) is 0 Å². The van der Waals surface area contributed by atoms with E-state index in [2.05, 4.69) is 26.0 Å². The molecular formula is C28H30ClN5O4. The molecule has 198 valence electrons. The zero-order valence-corrected chi connectivity index (χ0v) is 22.3. The third-order valence-electron chi connectivity index (χ3n) is 7.26. The average molecular weight is 536 g/mol. The normalized spacial score (nSPS) is 26.4. The van der Waals surface area contributed by atoms with Crippen LogP contribution in [0.2, 0.25) is 5.02 Å². The van der Waals surface area contributed by atoms with Crippen molar-refractivity contribution in [1.82, 2.24) is 10.2 Å². The molecule has 0 spiro atoms. The van der Waals surface area contributed by atoms with Crippen molar-refractivity contribution in [2.75, 3.05) is 36.9 Å². The van der Waals surface area contributed by atoms with Crippen LogP contribution in [0, 0.1) is 11.8 Å². The number of likely N-dealkylation sites (tertiary alicyclic amines) is 1. The van der Waals surface area contributed by atoms with E-state index in [0.717, 1.165) is 36.4 Å². The van der Waals surface area contributed by atoms with Crippen LogP contribution in [0.25, 0.3) is 5.57 Å². The van der Waals surface area contributed by atoms with Gasteiger partial charge in [0.1, 0.15) is 17.9 Å². The number of carbonyl (C=O) groups is 2. The predicted molar refractivity (Wildman–Crippen MR) is 146 cm³/mol. The number of allylic oxidation sites excluding steroid dienone is 1. The molecule has 3 N–H and O–H groups in total. The summed E-state index contributed by atoms with van der Waals surface area (Å²) in [6, 6.07) is 13.3. The number of alkyl carbamates (subject to hydrolysis) is 1. The number of halogens is 1. The van der Waals surface area contributed by atoms with Gasteiger partial charge in [0.25, 0.3) is 5.91 Å². The first-order valence-electron chi connectivity index (χ1n) is 12.8. The zero-order valence-electron chi connectivity index (χ0n) is 21.5. The Labute approximate surface area is 226 Å². The van der Waals surface area contributed by atoms with E-state index in [1.165, 1.54) is 0 Å². The van der Waals surface area contributed by atoms with Crippen molar-refractivity contribution in [3.05, 3.63) is 64.3 Å². The Balaban J connectivity index is 1.10. The molecule has 4 aliphatic rings. The SMILES string of the molecule is CC(C)(C)OC(=O)NC1[C@H]2CN(CCO/N=C3/C(=C4/C(=O)Nc5ccc(Cl)cc54)Nc4ccccc43)C[C@@H]12. The number of nitrogens with one attached hydrogen (secondary N) is 3. The van der Waals surface area contributed by atoms with Crippen molar-refractivity contribution in [3.8, 4) is 0 Å². The molecule has 2 amide bonds. The predicted octanol–water partition coefficient (Wildman–Crippen LogP) is 4.30. The second-order valence-electron chi connectivity index (χ2n) is 11.1. The molecule has 1 saturated carbocycles. The molecule has 0 bridgehead atoms. The molecule has 3 heterocycles. The smallest absolute Gasteiger partial charge is 0.407 e. The lowest BCUT2D eigenvalue weighted by Gasteiger charge is -2.22. The topological polar surface area (TPSA) is 104 Å². The van der Waals surface area contributed by atoms with Crippen molar-refractivity contribution in [2.45, 2.75) is 32.4 Å². The highest BCUT2D eigenvalue weighted by molar-refractivity contribution is 6.40. The van der Waals surface area contributed by atoms with E-state index in [1.54, 1.807) is 18.2 Å². The first-order valence-corrected chi connectivity index (χ1v) is 13.2. The molecule has 1 aliphatic carbocycles. The standard InChI is InChI=1S/C28H30ClN5O4/c1-28(2,3)38-27(36)32-23-18-13-34(14-19(18)23)10-11-37-33-24-16-6-4-5-7-20(16)30-25(24)22-17-12-15(29)8-9-21(17)31-26(22)35/h4-9,12,18-19,23,30H,10-11,13-14H2,1-3H3,(H,31,35)(H,32,36)/b25-22-,33-24+/t18-,19+,23?. The van der Waals surface area contributed by atoms with E-state index in [0.29, 0.717) is 46.1 Å². The number of nitrogens with zero attached hydrogens (tertiary/aromatic N) is 2. The summed E-state index contributed by atoms with van der Waals surface area (Å²) in [4.78, 5) is 33.1. The summed E-state index contributed by atoms with van der Waals surface area (Å²) >= 11 is 6.24. The minimum absolute atomic E-state index is 0.187. The monoisotopic (exact) mass is 535 g/mol. The Kier molecular flexibility index (Phi) is 6.07. The van der Waals surface area contributed by atoms with Crippen LogP contribution >= 0.6 is 11.6 Å². The molecule has 3 aliphatic heterocycles. The molecule has 0 radical (unpaired) electrons. The molecule has 3 atom stereocenters. The minimum Gasteiger partial charge on any atom is -0.444 e. The van der Waals surface area contributed by atoms with Gasteiger partial charge in [-0.2, -0.15) is 0 Å². The summed E-state index contributed by atoms with van der Waals surface area (Å²) in [6.45, 7) is 8.53. The van der Waals surface area contributed by atoms with E-state index < -0.39 is 5.60 Å². The summed E-state index contributed by atoms with van der Waals surface area (Å²) in [7, 11) is 0. The van der Waals surface area contributed by atoms with E-state index in [-0.39, 0.29) is 18.0 Å². The van der Waals surface area contributed by atoms with Crippen molar-refractivity contribution in [1.29, 1.82) is 0 Å². The number of hydrogen-bond donors (Lipinski definition) is 3. The van der Waals surface area contributed by atoms with Crippen molar-refractivity contribution >= 4 is 46.3 Å². The van der Waals surface area contributed by atoms with Crippen LogP contribution in [-0.2, 0) is 14.4 Å². The third kappa shape index (κ3) is 4.72. The molecule has 10 heteroatoms. The molecule has 38 heavy (non-hydrogen) atoms. The largest absolute Gasteiger partial charge is 0.444 e. The Bertz CT molecular complexity index is 1370. The first-order chi connectivity index (χ1) is 18.2. The maximum Gasteiger partial charge on any atom is 0.407 e. The number of carbonyl (C=O) groups excluding carboxylic acids is 2. The number of rotatable bonds is 5. The van der Waals surface area contributed by atoms with Crippen LogP contribution < -0.4 is 16.0 Å². The highest BCUT2D eigenvalue weighted by atomic mass is 35.5. The Morgan fingerprint density at radius 2 is 1.84 bits per heavy atom. The van der Waals surface area contributed by atoms with Crippen LogP contribution in [-0.4, -0.2) is 60.5 Å². The van der Waals surface area contributed by atoms with E-state index in [9.17, 15) is 9.59 Å². The van der Waals surface area contributed by atoms with Crippen molar-refractivity contribution < 1.29 is 19.2 Å². The number of hydrogen-bond acceptors (Lipinski definition) is 7. The number of ether oxygens (including phenoxy) is 1. The second kappa shape index (κ2) is 9.32. The maximum atomic E-state index is 12.9. The maximum absolute atomic E-state index is 12.9. The molecule has 1 unspecified atom stereocenters. The van der Waals surface area contributed by atoms with Crippen molar-refractivity contribution in [2.24, 2.45) is 17.0 Å².